The third kappa shape index (κ3) is 2.15. The highest BCUT2D eigenvalue weighted by atomic mass is 35.5. The van der Waals surface area contributed by atoms with Crippen LogP contribution >= 0.6 is 23.2 Å². The maximum Gasteiger partial charge on any atom is 0.0595 e. The lowest BCUT2D eigenvalue weighted by Gasteiger charge is -2.26. The van der Waals surface area contributed by atoms with Crippen molar-refractivity contribution in [1.29, 1.82) is 0 Å². The second-order valence-electron chi connectivity index (χ2n) is 4.82. The number of hydrogen-bond acceptors (Lipinski definition) is 0. The van der Waals surface area contributed by atoms with Gasteiger partial charge in [-0.1, -0.05) is 53.5 Å². The normalized spacial score (nSPS) is 18.4. The molecule has 0 nitrogen and oxygen atoms in total. The Balaban J connectivity index is 2.05. The van der Waals surface area contributed by atoms with E-state index in [4.69, 9.17) is 23.2 Å². The van der Waals surface area contributed by atoms with Crippen molar-refractivity contribution in [3.63, 3.8) is 0 Å². The first kappa shape index (κ1) is 12.1. The van der Waals surface area contributed by atoms with Gasteiger partial charge < -0.3 is 0 Å². The fourth-order valence-corrected chi connectivity index (χ4v) is 3.14. The van der Waals surface area contributed by atoms with Crippen molar-refractivity contribution in [2.45, 2.75) is 25.2 Å². The molecule has 0 fully saturated rings. The Morgan fingerprint density at radius 3 is 2.61 bits per heavy atom. The standard InChI is InChI=1S/C16H14Cl2/c17-15-9-8-12(10-16(15)18)14-7-3-5-11-4-1-2-6-13(11)14/h1-2,4,6,8-10,14H,3,5,7H2/t14-/m0/s1. The predicted octanol–water partition coefficient (Wildman–Crippen LogP) is 5.46. The number of hydrogen-bond donors (Lipinski definition) is 0. The smallest absolute Gasteiger partial charge is 0.0595 e. The largest absolute Gasteiger partial charge is 0.0827 e. The van der Waals surface area contributed by atoms with Crippen molar-refractivity contribution in [1.82, 2.24) is 0 Å². The molecule has 0 spiro atoms. The Morgan fingerprint density at radius 2 is 1.78 bits per heavy atom. The number of benzene rings is 2. The van der Waals surface area contributed by atoms with Gasteiger partial charge in [-0.25, -0.2) is 0 Å². The second kappa shape index (κ2) is 4.95. The van der Waals surface area contributed by atoms with Gasteiger partial charge in [0.15, 0.2) is 0 Å². The molecule has 2 heteroatoms. The summed E-state index contributed by atoms with van der Waals surface area (Å²) in [4.78, 5) is 0. The highest BCUT2D eigenvalue weighted by Crippen LogP contribution is 2.38. The van der Waals surface area contributed by atoms with Gasteiger partial charge in [0.2, 0.25) is 0 Å². The highest BCUT2D eigenvalue weighted by molar-refractivity contribution is 6.42. The van der Waals surface area contributed by atoms with E-state index in [1.54, 1.807) is 0 Å². The summed E-state index contributed by atoms with van der Waals surface area (Å²) in [6, 6.07) is 14.7. The Labute approximate surface area is 118 Å². The summed E-state index contributed by atoms with van der Waals surface area (Å²) in [5, 5.41) is 1.28. The van der Waals surface area contributed by atoms with Crippen molar-refractivity contribution in [3.05, 3.63) is 69.2 Å². The van der Waals surface area contributed by atoms with Crippen LogP contribution in [0.4, 0.5) is 0 Å². The molecule has 2 aromatic rings. The molecule has 0 amide bonds. The first-order valence-corrected chi connectivity index (χ1v) is 7.04. The number of rotatable bonds is 1. The minimum atomic E-state index is 0.463. The van der Waals surface area contributed by atoms with Crippen molar-refractivity contribution in [2.24, 2.45) is 0 Å². The van der Waals surface area contributed by atoms with Gasteiger partial charge >= 0.3 is 0 Å². The van der Waals surface area contributed by atoms with E-state index < -0.39 is 0 Å². The number of aryl methyl sites for hydroxylation is 1. The second-order valence-corrected chi connectivity index (χ2v) is 5.63. The van der Waals surface area contributed by atoms with E-state index in [1.807, 2.05) is 12.1 Å². The summed E-state index contributed by atoms with van der Waals surface area (Å²) >= 11 is 12.1. The van der Waals surface area contributed by atoms with E-state index in [0.29, 0.717) is 16.0 Å². The zero-order valence-electron chi connectivity index (χ0n) is 10.00. The third-order valence-electron chi connectivity index (χ3n) is 3.72. The molecular formula is C16H14Cl2. The zero-order valence-corrected chi connectivity index (χ0v) is 11.5. The summed E-state index contributed by atoms with van der Waals surface area (Å²) < 4.78 is 0. The Bertz CT molecular complexity index is 575. The van der Waals surface area contributed by atoms with Crippen molar-refractivity contribution in [2.75, 3.05) is 0 Å². The van der Waals surface area contributed by atoms with E-state index in [-0.39, 0.29) is 0 Å². The van der Waals surface area contributed by atoms with E-state index in [1.165, 1.54) is 36.0 Å². The molecule has 0 unspecified atom stereocenters. The average molecular weight is 277 g/mol. The fraction of sp³-hybridized carbons (Fsp3) is 0.250. The van der Waals surface area contributed by atoms with Crippen LogP contribution in [0.1, 0.15) is 35.4 Å². The molecule has 1 aliphatic carbocycles. The molecule has 0 saturated heterocycles. The van der Waals surface area contributed by atoms with Crippen LogP contribution in [0.2, 0.25) is 10.0 Å². The third-order valence-corrected chi connectivity index (χ3v) is 4.45. The Morgan fingerprint density at radius 1 is 0.944 bits per heavy atom. The molecule has 2 aromatic carbocycles. The first-order chi connectivity index (χ1) is 8.75. The molecule has 3 rings (SSSR count). The summed E-state index contributed by atoms with van der Waals surface area (Å²) in [6.45, 7) is 0. The minimum Gasteiger partial charge on any atom is -0.0827 e. The van der Waals surface area contributed by atoms with E-state index >= 15 is 0 Å². The van der Waals surface area contributed by atoms with Crippen LogP contribution in [0.3, 0.4) is 0 Å². The molecule has 0 heterocycles. The van der Waals surface area contributed by atoms with Gasteiger partial charge in [-0.3, -0.25) is 0 Å². The van der Waals surface area contributed by atoms with Crippen LogP contribution in [0, 0.1) is 0 Å². The van der Waals surface area contributed by atoms with Gasteiger partial charge in [0, 0.05) is 5.92 Å². The van der Waals surface area contributed by atoms with Gasteiger partial charge in [0.1, 0.15) is 0 Å². The van der Waals surface area contributed by atoms with Gasteiger partial charge in [-0.2, -0.15) is 0 Å². The lowest BCUT2D eigenvalue weighted by molar-refractivity contribution is 0.616. The van der Waals surface area contributed by atoms with E-state index in [2.05, 4.69) is 30.3 Å². The molecule has 18 heavy (non-hydrogen) atoms. The highest BCUT2D eigenvalue weighted by Gasteiger charge is 2.21. The lowest BCUT2D eigenvalue weighted by atomic mass is 9.79. The molecule has 1 aliphatic rings. The minimum absolute atomic E-state index is 0.463. The van der Waals surface area contributed by atoms with Crippen molar-refractivity contribution in [3.8, 4) is 0 Å². The molecular weight excluding hydrogens is 263 g/mol. The summed E-state index contributed by atoms with van der Waals surface area (Å²) in [5.41, 5.74) is 4.19. The van der Waals surface area contributed by atoms with Crippen LogP contribution in [0.5, 0.6) is 0 Å². The molecule has 92 valence electrons. The van der Waals surface area contributed by atoms with Crippen LogP contribution in [-0.2, 0) is 6.42 Å². The monoisotopic (exact) mass is 276 g/mol. The predicted molar refractivity (Wildman–Crippen MR) is 77.7 cm³/mol. The van der Waals surface area contributed by atoms with E-state index in [0.717, 1.165) is 0 Å². The maximum absolute atomic E-state index is 6.13. The summed E-state index contributed by atoms with van der Waals surface area (Å²) in [6.07, 6.45) is 3.62. The Kier molecular flexibility index (Phi) is 3.32. The maximum atomic E-state index is 6.13. The average Bonchev–Trinajstić information content (AvgIpc) is 2.41. The van der Waals surface area contributed by atoms with Crippen LogP contribution in [0.15, 0.2) is 42.5 Å². The molecule has 0 saturated carbocycles. The van der Waals surface area contributed by atoms with Crippen LogP contribution < -0.4 is 0 Å². The molecule has 0 bridgehead atoms. The molecule has 0 radical (unpaired) electrons. The number of halogens is 2. The lowest BCUT2D eigenvalue weighted by Crippen LogP contribution is -2.10. The molecule has 0 N–H and O–H groups in total. The zero-order chi connectivity index (χ0) is 12.5. The molecule has 1 atom stereocenters. The first-order valence-electron chi connectivity index (χ1n) is 6.28. The molecule has 0 aromatic heterocycles. The summed E-state index contributed by atoms with van der Waals surface area (Å²) in [5.74, 6) is 0.463. The van der Waals surface area contributed by atoms with Crippen molar-refractivity contribution >= 4 is 23.2 Å². The summed E-state index contributed by atoms with van der Waals surface area (Å²) in [7, 11) is 0. The van der Waals surface area contributed by atoms with Gasteiger partial charge in [-0.15, -0.1) is 0 Å². The van der Waals surface area contributed by atoms with Gasteiger partial charge in [0.05, 0.1) is 10.0 Å². The van der Waals surface area contributed by atoms with Crippen LogP contribution in [-0.4, -0.2) is 0 Å². The SMILES string of the molecule is Clc1ccc([C@@H]2CCCc3ccccc32)cc1Cl. The topological polar surface area (TPSA) is 0 Å². The van der Waals surface area contributed by atoms with Gasteiger partial charge in [0.25, 0.3) is 0 Å². The Hall–Kier alpha value is -0.980. The van der Waals surface area contributed by atoms with E-state index in [9.17, 15) is 0 Å². The van der Waals surface area contributed by atoms with Crippen molar-refractivity contribution < 1.29 is 0 Å². The molecule has 0 aliphatic heterocycles. The quantitative estimate of drug-likeness (QED) is 0.649. The van der Waals surface area contributed by atoms with Crippen LogP contribution in [0.25, 0.3) is 0 Å². The fourth-order valence-electron chi connectivity index (χ4n) is 2.83. The number of fused-ring (bicyclic) bond motifs is 1. The van der Waals surface area contributed by atoms with Gasteiger partial charge in [-0.05, 0) is 48.1 Å².